The maximum atomic E-state index is 12.9. The number of nitrogens with zero attached hydrogens (tertiary/aromatic N) is 4. The molecule has 7 heteroatoms. The zero-order valence-electron chi connectivity index (χ0n) is 15.5. The van der Waals surface area contributed by atoms with Gasteiger partial charge in [0.25, 0.3) is 0 Å². The fourth-order valence-electron chi connectivity index (χ4n) is 3.28. The van der Waals surface area contributed by atoms with E-state index in [1.165, 1.54) is 0 Å². The molecule has 1 amide bonds. The second-order valence-electron chi connectivity index (χ2n) is 6.55. The van der Waals surface area contributed by atoms with Crippen LogP contribution in [0.4, 0.5) is 0 Å². The number of methoxy groups -OCH3 is 1. The minimum absolute atomic E-state index is 0.0677. The molecular formula is C20H22N4O3. The first-order valence-electron chi connectivity index (χ1n) is 9.01. The Balaban J connectivity index is 1.75. The fourth-order valence-corrected chi connectivity index (χ4v) is 3.28. The van der Waals surface area contributed by atoms with Crippen LogP contribution in [0.15, 0.2) is 36.4 Å². The van der Waals surface area contributed by atoms with Crippen molar-refractivity contribution in [3.05, 3.63) is 47.8 Å². The number of benzene rings is 1. The Morgan fingerprint density at radius 1 is 1.15 bits per heavy atom. The summed E-state index contributed by atoms with van der Waals surface area (Å²) in [5.41, 5.74) is 4.12. The maximum absolute atomic E-state index is 12.9. The lowest BCUT2D eigenvalue weighted by molar-refractivity contribution is -0.134. The third-order valence-electron chi connectivity index (χ3n) is 4.75. The molecule has 0 bridgehead atoms. The number of hydrogen-bond acceptors (Lipinski definition) is 5. The fraction of sp³-hybridized carbons (Fsp3) is 0.350. The monoisotopic (exact) mass is 366 g/mol. The number of carbonyl (C=O) groups excluding carboxylic acids is 1. The van der Waals surface area contributed by atoms with Gasteiger partial charge in [-0.2, -0.15) is 5.10 Å². The summed E-state index contributed by atoms with van der Waals surface area (Å²) in [5, 5.41) is 4.59. The molecule has 140 valence electrons. The summed E-state index contributed by atoms with van der Waals surface area (Å²) >= 11 is 0. The molecule has 1 fully saturated rings. The lowest BCUT2D eigenvalue weighted by Crippen LogP contribution is -2.41. The van der Waals surface area contributed by atoms with E-state index in [0.717, 1.165) is 34.0 Å². The van der Waals surface area contributed by atoms with Crippen molar-refractivity contribution >= 4 is 11.6 Å². The Morgan fingerprint density at radius 3 is 2.59 bits per heavy atom. The zero-order chi connectivity index (χ0) is 18.8. The molecule has 1 aromatic carbocycles. The van der Waals surface area contributed by atoms with Crippen molar-refractivity contribution < 1.29 is 14.3 Å². The van der Waals surface area contributed by atoms with E-state index in [-0.39, 0.29) is 12.3 Å². The van der Waals surface area contributed by atoms with Crippen LogP contribution >= 0.6 is 0 Å². The van der Waals surface area contributed by atoms with Crippen molar-refractivity contribution in [2.24, 2.45) is 0 Å². The Hall–Kier alpha value is -2.93. The predicted molar refractivity (Wildman–Crippen MR) is 101 cm³/mol. The molecule has 1 saturated heterocycles. The first-order valence-corrected chi connectivity index (χ1v) is 9.01. The number of ether oxygens (including phenoxy) is 2. The molecule has 0 unspecified atom stereocenters. The smallest absolute Gasteiger partial charge is 0.228 e. The van der Waals surface area contributed by atoms with Crippen molar-refractivity contribution in [1.82, 2.24) is 19.5 Å². The molecule has 1 aliphatic rings. The van der Waals surface area contributed by atoms with Crippen LogP contribution in [0.25, 0.3) is 16.9 Å². The van der Waals surface area contributed by atoms with Gasteiger partial charge in [-0.05, 0) is 43.3 Å². The molecule has 4 rings (SSSR count). The standard InChI is InChI=1S/C20H22N4O3/c1-14-3-8-18-21-20(15-4-6-16(26-2)7-5-15)17(24(18)22-14)13-19(25)23-9-11-27-12-10-23/h3-8H,9-13H2,1-2H3. The second-order valence-corrected chi connectivity index (χ2v) is 6.55. The van der Waals surface area contributed by atoms with E-state index in [0.29, 0.717) is 26.3 Å². The van der Waals surface area contributed by atoms with Crippen LogP contribution in [-0.4, -0.2) is 58.8 Å². The van der Waals surface area contributed by atoms with Gasteiger partial charge in [0.2, 0.25) is 5.91 Å². The highest BCUT2D eigenvalue weighted by atomic mass is 16.5. The van der Waals surface area contributed by atoms with Gasteiger partial charge in [0.1, 0.15) is 5.75 Å². The normalized spacial score (nSPS) is 14.5. The van der Waals surface area contributed by atoms with Gasteiger partial charge < -0.3 is 14.4 Å². The first-order chi connectivity index (χ1) is 13.2. The lowest BCUT2D eigenvalue weighted by Gasteiger charge is -2.26. The van der Waals surface area contributed by atoms with Crippen molar-refractivity contribution in [3.8, 4) is 17.0 Å². The predicted octanol–water partition coefficient (Wildman–Crippen LogP) is 2.11. The summed E-state index contributed by atoms with van der Waals surface area (Å²) < 4.78 is 12.4. The average molecular weight is 366 g/mol. The van der Waals surface area contributed by atoms with Gasteiger partial charge in [-0.3, -0.25) is 4.79 Å². The summed E-state index contributed by atoms with van der Waals surface area (Å²) in [6.45, 7) is 4.35. The van der Waals surface area contributed by atoms with Crippen LogP contribution < -0.4 is 4.74 Å². The van der Waals surface area contributed by atoms with Crippen LogP contribution in [0.3, 0.4) is 0 Å². The van der Waals surface area contributed by atoms with Crippen molar-refractivity contribution in [2.75, 3.05) is 33.4 Å². The van der Waals surface area contributed by atoms with E-state index in [2.05, 4.69) is 5.10 Å². The SMILES string of the molecule is COc1ccc(-c2nc3ccc(C)nn3c2CC(=O)N2CCOCC2)cc1. The van der Waals surface area contributed by atoms with Crippen LogP contribution in [0.1, 0.15) is 11.4 Å². The number of aromatic nitrogens is 3. The summed E-state index contributed by atoms with van der Waals surface area (Å²) in [6, 6.07) is 11.6. The van der Waals surface area contributed by atoms with Gasteiger partial charge in [0, 0.05) is 18.7 Å². The van der Waals surface area contributed by atoms with E-state index in [4.69, 9.17) is 14.5 Å². The number of imidazole rings is 1. The van der Waals surface area contributed by atoms with E-state index in [1.807, 2.05) is 48.2 Å². The van der Waals surface area contributed by atoms with Crippen molar-refractivity contribution in [2.45, 2.75) is 13.3 Å². The summed E-state index contributed by atoms with van der Waals surface area (Å²) in [4.78, 5) is 19.4. The number of carbonyl (C=O) groups is 1. The molecule has 0 atom stereocenters. The lowest BCUT2D eigenvalue weighted by atomic mass is 10.1. The largest absolute Gasteiger partial charge is 0.497 e. The molecule has 1 aliphatic heterocycles. The van der Waals surface area contributed by atoms with Crippen LogP contribution in [0.5, 0.6) is 5.75 Å². The Morgan fingerprint density at radius 2 is 1.89 bits per heavy atom. The van der Waals surface area contributed by atoms with Gasteiger partial charge >= 0.3 is 0 Å². The van der Waals surface area contributed by atoms with E-state index < -0.39 is 0 Å². The molecule has 0 N–H and O–H groups in total. The minimum Gasteiger partial charge on any atom is -0.497 e. The molecule has 3 aromatic rings. The molecule has 0 saturated carbocycles. The van der Waals surface area contributed by atoms with Gasteiger partial charge in [0.15, 0.2) is 5.65 Å². The number of amides is 1. The van der Waals surface area contributed by atoms with E-state index in [9.17, 15) is 4.79 Å². The van der Waals surface area contributed by atoms with Crippen LogP contribution in [-0.2, 0) is 16.0 Å². The highest BCUT2D eigenvalue weighted by molar-refractivity contribution is 5.81. The average Bonchev–Trinajstić information content (AvgIpc) is 3.06. The number of aryl methyl sites for hydroxylation is 1. The number of hydrogen-bond donors (Lipinski definition) is 0. The van der Waals surface area contributed by atoms with Gasteiger partial charge in [-0.15, -0.1) is 0 Å². The van der Waals surface area contributed by atoms with Crippen LogP contribution in [0, 0.1) is 6.92 Å². The molecule has 0 spiro atoms. The molecule has 2 aromatic heterocycles. The van der Waals surface area contributed by atoms with Gasteiger partial charge in [0.05, 0.1) is 43.8 Å². The summed E-state index contributed by atoms with van der Waals surface area (Å²) in [5.74, 6) is 0.848. The Bertz CT molecular complexity index is 959. The third-order valence-corrected chi connectivity index (χ3v) is 4.75. The summed E-state index contributed by atoms with van der Waals surface area (Å²) in [7, 11) is 1.64. The highest BCUT2D eigenvalue weighted by Gasteiger charge is 2.23. The van der Waals surface area contributed by atoms with Crippen molar-refractivity contribution in [1.29, 1.82) is 0 Å². The quantitative estimate of drug-likeness (QED) is 0.707. The maximum Gasteiger partial charge on any atom is 0.228 e. The van der Waals surface area contributed by atoms with E-state index >= 15 is 0 Å². The van der Waals surface area contributed by atoms with Gasteiger partial charge in [-0.25, -0.2) is 9.50 Å². The molecule has 0 radical (unpaired) electrons. The first kappa shape index (κ1) is 17.5. The molecule has 3 heterocycles. The molecular weight excluding hydrogens is 344 g/mol. The zero-order valence-corrected chi connectivity index (χ0v) is 15.5. The highest BCUT2D eigenvalue weighted by Crippen LogP contribution is 2.27. The van der Waals surface area contributed by atoms with Gasteiger partial charge in [-0.1, -0.05) is 0 Å². The minimum atomic E-state index is 0.0677. The number of fused-ring (bicyclic) bond motifs is 1. The topological polar surface area (TPSA) is 69.0 Å². The molecule has 27 heavy (non-hydrogen) atoms. The molecule has 7 nitrogen and oxygen atoms in total. The number of morpholine rings is 1. The number of rotatable bonds is 4. The third kappa shape index (κ3) is 3.50. The van der Waals surface area contributed by atoms with E-state index in [1.54, 1.807) is 11.6 Å². The Labute approximate surface area is 157 Å². The summed E-state index contributed by atoms with van der Waals surface area (Å²) in [6.07, 6.45) is 0.249. The Kier molecular flexibility index (Phi) is 4.77. The molecule has 0 aliphatic carbocycles. The van der Waals surface area contributed by atoms with Crippen molar-refractivity contribution in [3.63, 3.8) is 0 Å². The van der Waals surface area contributed by atoms with Crippen LogP contribution in [0.2, 0.25) is 0 Å². The second kappa shape index (κ2) is 7.36.